The van der Waals surface area contributed by atoms with Gasteiger partial charge in [0.25, 0.3) is 16.2 Å². The van der Waals surface area contributed by atoms with Gasteiger partial charge in [0.05, 0.1) is 15.5 Å². The number of rotatable bonds is 4. The minimum Gasteiger partial charge on any atom is -0.200 e. The zero-order valence-corrected chi connectivity index (χ0v) is 11.5. The summed E-state index contributed by atoms with van der Waals surface area (Å²) in [5, 5.41) is 6.26. The topological polar surface area (TPSA) is 97.3 Å². The van der Waals surface area contributed by atoms with Gasteiger partial charge in [-0.2, -0.15) is 18.4 Å². The maximum absolute atomic E-state index is 11.9. The van der Waals surface area contributed by atoms with Crippen LogP contribution in [0.4, 0.5) is 0 Å². The largest absolute Gasteiger partial charge is 0.276 e. The molecule has 2 aromatic rings. The number of sulfonamides is 1. The van der Waals surface area contributed by atoms with Crippen molar-refractivity contribution in [2.24, 2.45) is 5.10 Å². The Morgan fingerprint density at radius 2 is 1.90 bits per heavy atom. The Balaban J connectivity index is 2.23. The number of hydrogen-bond acceptors (Lipinski definition) is 4. The lowest BCUT2D eigenvalue weighted by molar-refractivity contribution is -0.564. The second kappa shape index (κ2) is 5.66. The van der Waals surface area contributed by atoms with E-state index in [1.54, 1.807) is 31.2 Å². The highest BCUT2D eigenvalue weighted by Gasteiger charge is 2.12. The Labute approximate surface area is 115 Å². The monoisotopic (exact) mass is 293 g/mol. The Hall–Kier alpha value is -2.48. The van der Waals surface area contributed by atoms with E-state index >= 15 is 0 Å². The molecular weight excluding hydrogens is 280 g/mol. The minimum absolute atomic E-state index is 0.118. The number of aromatic nitrogens is 2. The average molecular weight is 293 g/mol. The summed E-state index contributed by atoms with van der Waals surface area (Å²) in [6.45, 7) is 1.58. The molecule has 0 aliphatic carbocycles. The molecule has 0 amide bonds. The van der Waals surface area contributed by atoms with Gasteiger partial charge in [-0.15, -0.1) is 5.10 Å². The molecule has 7 nitrogen and oxygen atoms in total. The fourth-order valence-corrected chi connectivity index (χ4v) is 2.33. The van der Waals surface area contributed by atoms with E-state index in [1.807, 2.05) is 0 Å². The maximum Gasteiger partial charge on any atom is 0.276 e. The van der Waals surface area contributed by atoms with Gasteiger partial charge in [-0.25, -0.2) is 0 Å². The van der Waals surface area contributed by atoms with Gasteiger partial charge >= 0.3 is 0 Å². The number of H-pyrrole nitrogens is 1. The highest BCUT2D eigenvalue weighted by Crippen LogP contribution is 2.07. The summed E-state index contributed by atoms with van der Waals surface area (Å²) < 4.78 is 24.4. The van der Waals surface area contributed by atoms with Crippen molar-refractivity contribution in [3.05, 3.63) is 59.3 Å². The zero-order chi connectivity index (χ0) is 14.6. The van der Waals surface area contributed by atoms with E-state index in [9.17, 15) is 13.3 Å². The Bertz CT molecular complexity index is 782. The third-order valence-electron chi connectivity index (χ3n) is 2.49. The zero-order valence-electron chi connectivity index (χ0n) is 10.6. The number of hydrogen-bond donors (Lipinski definition) is 2. The second-order valence-electron chi connectivity index (χ2n) is 3.96. The fraction of sp³-hybridized carbons (Fsp3) is 0.0833. The number of aromatic amines is 1. The SMILES string of the molecule is C/C(=N\NS(=O)(=O)c1ccccc1)c1ccc[n+](=O)[nH]1. The van der Waals surface area contributed by atoms with Crippen LogP contribution in [0.1, 0.15) is 12.6 Å². The molecule has 104 valence electrons. The summed E-state index contributed by atoms with van der Waals surface area (Å²) in [5.74, 6) is 0. The lowest BCUT2D eigenvalue weighted by Gasteiger charge is -2.03. The van der Waals surface area contributed by atoms with Crippen LogP contribution in [0.15, 0.2) is 58.7 Å². The summed E-state index contributed by atoms with van der Waals surface area (Å²) in [6, 6.07) is 11.0. The van der Waals surface area contributed by atoms with E-state index < -0.39 is 10.0 Å². The molecule has 8 heteroatoms. The van der Waals surface area contributed by atoms with Crippen LogP contribution in [0, 0.1) is 4.91 Å². The van der Waals surface area contributed by atoms with Crippen LogP contribution in [0.3, 0.4) is 0 Å². The molecule has 0 atom stereocenters. The van der Waals surface area contributed by atoms with Crippen molar-refractivity contribution in [2.75, 3.05) is 0 Å². The van der Waals surface area contributed by atoms with Crippen molar-refractivity contribution in [1.29, 1.82) is 0 Å². The van der Waals surface area contributed by atoms with E-state index in [4.69, 9.17) is 0 Å². The van der Waals surface area contributed by atoms with E-state index in [-0.39, 0.29) is 4.90 Å². The lowest BCUT2D eigenvalue weighted by atomic mass is 10.3. The Morgan fingerprint density at radius 1 is 1.20 bits per heavy atom. The third-order valence-corrected chi connectivity index (χ3v) is 3.72. The third kappa shape index (κ3) is 3.29. The quantitative estimate of drug-likeness (QED) is 0.491. The van der Waals surface area contributed by atoms with Gasteiger partial charge in [-0.05, 0) is 25.1 Å². The van der Waals surface area contributed by atoms with Gasteiger partial charge in [0.1, 0.15) is 5.69 Å². The van der Waals surface area contributed by atoms with Crippen molar-refractivity contribution < 1.29 is 13.0 Å². The summed E-state index contributed by atoms with van der Waals surface area (Å²) in [7, 11) is -3.71. The lowest BCUT2D eigenvalue weighted by Crippen LogP contribution is -2.23. The molecule has 2 N–H and O–H groups in total. The van der Waals surface area contributed by atoms with Crippen LogP contribution in [0.2, 0.25) is 0 Å². The molecule has 1 aromatic carbocycles. The first-order valence-electron chi connectivity index (χ1n) is 5.72. The molecule has 0 aliphatic heterocycles. The van der Waals surface area contributed by atoms with Gasteiger partial charge in [0.2, 0.25) is 0 Å². The summed E-state index contributed by atoms with van der Waals surface area (Å²) in [4.78, 5) is 13.3. The van der Waals surface area contributed by atoms with Crippen LogP contribution in [0.25, 0.3) is 0 Å². The van der Waals surface area contributed by atoms with E-state index in [0.717, 1.165) is 0 Å². The molecule has 0 spiro atoms. The molecule has 0 saturated heterocycles. The minimum atomic E-state index is -3.71. The summed E-state index contributed by atoms with van der Waals surface area (Å²) >= 11 is 0. The number of hydrazone groups is 1. The number of benzene rings is 1. The van der Waals surface area contributed by atoms with Crippen molar-refractivity contribution in [3.63, 3.8) is 0 Å². The second-order valence-corrected chi connectivity index (χ2v) is 5.63. The molecule has 0 radical (unpaired) electrons. The van der Waals surface area contributed by atoms with Gasteiger partial charge in [0, 0.05) is 6.07 Å². The van der Waals surface area contributed by atoms with Crippen molar-refractivity contribution in [1.82, 2.24) is 9.93 Å². The van der Waals surface area contributed by atoms with Gasteiger partial charge in [-0.1, -0.05) is 18.2 Å². The van der Waals surface area contributed by atoms with Crippen molar-refractivity contribution >= 4 is 15.7 Å². The van der Waals surface area contributed by atoms with Gasteiger partial charge in [-0.3, -0.25) is 0 Å². The fourth-order valence-electron chi connectivity index (χ4n) is 1.45. The smallest absolute Gasteiger partial charge is 0.200 e. The van der Waals surface area contributed by atoms with E-state index in [1.165, 1.54) is 24.4 Å². The highest BCUT2D eigenvalue weighted by molar-refractivity contribution is 7.89. The van der Waals surface area contributed by atoms with E-state index in [2.05, 4.69) is 15.0 Å². The van der Waals surface area contributed by atoms with Gasteiger partial charge in [0.15, 0.2) is 4.54 Å². The predicted octanol–water partition coefficient (Wildman–Crippen LogP) is 0.632. The van der Waals surface area contributed by atoms with Crippen LogP contribution in [-0.2, 0) is 10.0 Å². The molecule has 0 saturated carbocycles. The first-order valence-corrected chi connectivity index (χ1v) is 7.20. The molecule has 0 fully saturated rings. The van der Waals surface area contributed by atoms with Gasteiger partial charge < -0.3 is 0 Å². The summed E-state index contributed by atoms with van der Waals surface area (Å²) in [6.07, 6.45) is 1.28. The molecule has 0 bridgehead atoms. The van der Waals surface area contributed by atoms with Crippen LogP contribution >= 0.6 is 0 Å². The van der Waals surface area contributed by atoms with E-state index in [0.29, 0.717) is 15.9 Å². The highest BCUT2D eigenvalue weighted by atomic mass is 32.2. The number of nitrogens with zero attached hydrogens (tertiary/aromatic N) is 2. The number of nitrogens with one attached hydrogen (secondary N) is 2. The molecule has 0 unspecified atom stereocenters. The molecular formula is C12H13N4O3S+. The molecule has 20 heavy (non-hydrogen) atoms. The Kier molecular flexibility index (Phi) is 3.94. The first kappa shape index (κ1) is 13.9. The molecule has 0 aliphatic rings. The standard InChI is InChI=1S/C12H13N4O3S/c1-10(12-8-5-9-16(17)14-12)13-15-20(18,19)11-6-3-2-4-7-11/h2-9,15H,1H3,(H,14,17)/q+1/b13-10+. The molecule has 1 heterocycles. The average Bonchev–Trinajstić information content (AvgIpc) is 2.46. The normalized spacial score (nSPS) is 12.2. The summed E-state index contributed by atoms with van der Waals surface area (Å²) in [5.41, 5.74) is 0.757. The first-order chi connectivity index (χ1) is 9.49. The van der Waals surface area contributed by atoms with Crippen LogP contribution in [0.5, 0.6) is 0 Å². The van der Waals surface area contributed by atoms with Crippen LogP contribution < -0.4 is 9.37 Å². The Morgan fingerprint density at radius 3 is 2.55 bits per heavy atom. The molecule has 1 aromatic heterocycles. The molecule has 2 rings (SSSR count). The van der Waals surface area contributed by atoms with Crippen molar-refractivity contribution in [2.45, 2.75) is 11.8 Å². The van der Waals surface area contributed by atoms with Crippen LogP contribution in [-0.4, -0.2) is 19.2 Å². The maximum atomic E-state index is 11.9. The predicted molar refractivity (Wildman–Crippen MR) is 73.1 cm³/mol. The van der Waals surface area contributed by atoms with Crippen molar-refractivity contribution in [3.8, 4) is 0 Å².